The van der Waals surface area contributed by atoms with E-state index in [1.807, 2.05) is 18.4 Å². The van der Waals surface area contributed by atoms with Crippen molar-refractivity contribution in [3.05, 3.63) is 56.2 Å². The van der Waals surface area contributed by atoms with Crippen LogP contribution in [0.4, 0.5) is 0 Å². The topological polar surface area (TPSA) is 12.0 Å². The monoisotopic (exact) mass is 323 g/mol. The van der Waals surface area contributed by atoms with E-state index in [0.29, 0.717) is 6.04 Å². The van der Waals surface area contributed by atoms with Crippen molar-refractivity contribution in [3.63, 3.8) is 0 Å². The summed E-state index contributed by atoms with van der Waals surface area (Å²) in [4.78, 5) is 1.42. The highest BCUT2D eigenvalue weighted by molar-refractivity contribution is 9.10. The quantitative estimate of drug-likeness (QED) is 0.869. The lowest BCUT2D eigenvalue weighted by molar-refractivity contribution is 0.560. The SMILES string of the molecule is CNC(Cc1ccc(C)cc1)Cc1cc(Br)cs1. The normalized spacial score (nSPS) is 12.6. The lowest BCUT2D eigenvalue weighted by Crippen LogP contribution is -2.29. The number of nitrogens with one attached hydrogen (secondary N) is 1. The van der Waals surface area contributed by atoms with Crippen molar-refractivity contribution in [2.24, 2.45) is 0 Å². The molecule has 96 valence electrons. The smallest absolute Gasteiger partial charge is 0.0285 e. The Hall–Kier alpha value is -0.640. The van der Waals surface area contributed by atoms with E-state index in [4.69, 9.17) is 0 Å². The fraction of sp³-hybridized carbons (Fsp3) is 0.333. The van der Waals surface area contributed by atoms with Crippen molar-refractivity contribution in [3.8, 4) is 0 Å². The average Bonchev–Trinajstić information content (AvgIpc) is 2.77. The van der Waals surface area contributed by atoms with Crippen LogP contribution in [0.15, 0.2) is 40.2 Å². The fourth-order valence-electron chi connectivity index (χ4n) is 1.99. The van der Waals surface area contributed by atoms with Crippen molar-refractivity contribution in [1.29, 1.82) is 0 Å². The molecule has 0 bridgehead atoms. The molecule has 0 saturated carbocycles. The molecular weight excluding hydrogens is 306 g/mol. The van der Waals surface area contributed by atoms with Gasteiger partial charge in [0.1, 0.15) is 0 Å². The van der Waals surface area contributed by atoms with Crippen LogP contribution < -0.4 is 5.32 Å². The summed E-state index contributed by atoms with van der Waals surface area (Å²) in [5.41, 5.74) is 2.72. The van der Waals surface area contributed by atoms with E-state index >= 15 is 0 Å². The second kappa shape index (κ2) is 6.50. The average molecular weight is 324 g/mol. The van der Waals surface area contributed by atoms with E-state index in [2.05, 4.69) is 63.9 Å². The third-order valence-corrected chi connectivity index (χ3v) is 4.80. The maximum absolute atomic E-state index is 3.51. The molecule has 2 rings (SSSR count). The molecule has 0 saturated heterocycles. The van der Waals surface area contributed by atoms with Crippen molar-refractivity contribution in [2.45, 2.75) is 25.8 Å². The van der Waals surface area contributed by atoms with Crippen molar-refractivity contribution >= 4 is 27.3 Å². The summed E-state index contributed by atoms with van der Waals surface area (Å²) in [5.74, 6) is 0. The first-order chi connectivity index (χ1) is 8.67. The van der Waals surface area contributed by atoms with E-state index in [1.165, 1.54) is 20.5 Å². The molecule has 1 atom stereocenters. The van der Waals surface area contributed by atoms with Crippen LogP contribution >= 0.6 is 27.3 Å². The van der Waals surface area contributed by atoms with Crippen molar-refractivity contribution in [2.75, 3.05) is 7.05 Å². The summed E-state index contributed by atoms with van der Waals surface area (Å²) >= 11 is 5.33. The van der Waals surface area contributed by atoms with Gasteiger partial charge in [0.15, 0.2) is 0 Å². The first-order valence-electron chi connectivity index (χ1n) is 6.13. The first kappa shape index (κ1) is 13.8. The van der Waals surface area contributed by atoms with Crippen LogP contribution in [0, 0.1) is 6.92 Å². The van der Waals surface area contributed by atoms with Gasteiger partial charge in [-0.3, -0.25) is 0 Å². The van der Waals surface area contributed by atoms with E-state index in [0.717, 1.165) is 12.8 Å². The van der Waals surface area contributed by atoms with E-state index in [-0.39, 0.29) is 0 Å². The van der Waals surface area contributed by atoms with Crippen LogP contribution in [-0.2, 0) is 12.8 Å². The number of benzene rings is 1. The van der Waals surface area contributed by atoms with Gasteiger partial charge in [0, 0.05) is 20.8 Å². The Morgan fingerprint density at radius 2 is 1.94 bits per heavy atom. The van der Waals surface area contributed by atoms with Gasteiger partial charge in [-0.25, -0.2) is 0 Å². The molecular formula is C15H18BrNS. The summed E-state index contributed by atoms with van der Waals surface area (Å²) in [6.45, 7) is 2.13. The second-order valence-electron chi connectivity index (χ2n) is 4.61. The van der Waals surface area contributed by atoms with Crippen LogP contribution in [-0.4, -0.2) is 13.1 Å². The molecule has 1 aromatic heterocycles. The zero-order valence-electron chi connectivity index (χ0n) is 10.7. The molecule has 1 aromatic carbocycles. The minimum Gasteiger partial charge on any atom is -0.316 e. The molecule has 2 aromatic rings. The van der Waals surface area contributed by atoms with Gasteiger partial charge in [-0.2, -0.15) is 0 Å². The number of hydrogen-bond acceptors (Lipinski definition) is 2. The van der Waals surface area contributed by atoms with Gasteiger partial charge < -0.3 is 5.32 Å². The highest BCUT2D eigenvalue weighted by atomic mass is 79.9. The number of thiophene rings is 1. The highest BCUT2D eigenvalue weighted by Crippen LogP contribution is 2.21. The van der Waals surface area contributed by atoms with Gasteiger partial charge in [0.2, 0.25) is 0 Å². The molecule has 0 fully saturated rings. The van der Waals surface area contributed by atoms with Gasteiger partial charge in [-0.1, -0.05) is 29.8 Å². The molecule has 18 heavy (non-hydrogen) atoms. The molecule has 0 aliphatic heterocycles. The molecule has 0 radical (unpaired) electrons. The maximum atomic E-state index is 3.51. The number of hydrogen-bond donors (Lipinski definition) is 1. The third-order valence-electron chi connectivity index (χ3n) is 3.08. The molecule has 1 nitrogen and oxygen atoms in total. The van der Waals surface area contributed by atoms with Crippen molar-refractivity contribution in [1.82, 2.24) is 5.32 Å². The standard InChI is InChI=1S/C15H18BrNS/c1-11-3-5-12(6-4-11)7-14(17-2)9-15-8-13(16)10-18-15/h3-6,8,10,14,17H,7,9H2,1-2H3. The predicted molar refractivity (Wildman–Crippen MR) is 83.5 cm³/mol. The molecule has 1 unspecified atom stereocenters. The molecule has 0 spiro atoms. The lowest BCUT2D eigenvalue weighted by atomic mass is 10.0. The summed E-state index contributed by atoms with van der Waals surface area (Å²) in [7, 11) is 2.04. The van der Waals surface area contributed by atoms with E-state index in [1.54, 1.807) is 0 Å². The van der Waals surface area contributed by atoms with Crippen LogP contribution in [0.2, 0.25) is 0 Å². The predicted octanol–water partition coefficient (Wildman–Crippen LogP) is 4.19. The molecule has 1 heterocycles. The van der Waals surface area contributed by atoms with Gasteiger partial charge in [-0.15, -0.1) is 11.3 Å². The third kappa shape index (κ3) is 3.94. The molecule has 3 heteroatoms. The first-order valence-corrected chi connectivity index (χ1v) is 7.80. The lowest BCUT2D eigenvalue weighted by Gasteiger charge is -2.15. The number of halogens is 1. The Labute approximate surface area is 121 Å². The Morgan fingerprint density at radius 3 is 2.50 bits per heavy atom. The Bertz CT molecular complexity index is 489. The molecule has 0 aliphatic carbocycles. The van der Waals surface area contributed by atoms with Crippen LogP contribution in [0.1, 0.15) is 16.0 Å². The zero-order chi connectivity index (χ0) is 13.0. The van der Waals surface area contributed by atoms with Gasteiger partial charge in [0.05, 0.1) is 0 Å². The number of rotatable bonds is 5. The summed E-state index contributed by atoms with van der Waals surface area (Å²) in [5, 5.41) is 5.56. The molecule has 0 aliphatic rings. The van der Waals surface area contributed by atoms with E-state index < -0.39 is 0 Å². The fourth-order valence-corrected chi connectivity index (χ4v) is 3.52. The Balaban J connectivity index is 1.99. The largest absolute Gasteiger partial charge is 0.316 e. The highest BCUT2D eigenvalue weighted by Gasteiger charge is 2.09. The maximum Gasteiger partial charge on any atom is 0.0285 e. The van der Waals surface area contributed by atoms with E-state index in [9.17, 15) is 0 Å². The van der Waals surface area contributed by atoms with Gasteiger partial charge in [0.25, 0.3) is 0 Å². The minimum absolute atomic E-state index is 0.498. The summed E-state index contributed by atoms with van der Waals surface area (Å²) in [6.07, 6.45) is 2.16. The second-order valence-corrected chi connectivity index (χ2v) is 6.52. The molecule has 1 N–H and O–H groups in total. The van der Waals surface area contributed by atoms with Crippen LogP contribution in [0.25, 0.3) is 0 Å². The Kier molecular flexibility index (Phi) is 4.98. The summed E-state index contributed by atoms with van der Waals surface area (Å²) in [6, 6.07) is 11.5. The van der Waals surface area contributed by atoms with Gasteiger partial charge >= 0.3 is 0 Å². The Morgan fingerprint density at radius 1 is 1.22 bits per heavy atom. The van der Waals surface area contributed by atoms with Crippen LogP contribution in [0.3, 0.4) is 0 Å². The van der Waals surface area contributed by atoms with Gasteiger partial charge in [-0.05, 0) is 54.4 Å². The number of likely N-dealkylation sites (N-methyl/N-ethyl adjacent to an activating group) is 1. The zero-order valence-corrected chi connectivity index (χ0v) is 13.1. The molecule has 0 amide bonds. The summed E-state index contributed by atoms with van der Waals surface area (Å²) < 4.78 is 1.19. The van der Waals surface area contributed by atoms with Crippen LogP contribution in [0.5, 0.6) is 0 Å². The van der Waals surface area contributed by atoms with Crippen molar-refractivity contribution < 1.29 is 0 Å². The minimum atomic E-state index is 0.498. The number of aryl methyl sites for hydroxylation is 1.